The Morgan fingerprint density at radius 2 is 1.38 bits per heavy atom. The van der Waals surface area contributed by atoms with Crippen LogP contribution >= 0.6 is 0 Å². The highest BCUT2D eigenvalue weighted by atomic mass is 16.2. The van der Waals surface area contributed by atoms with E-state index in [-0.39, 0.29) is 17.6 Å². The van der Waals surface area contributed by atoms with Gasteiger partial charge in [0, 0.05) is 24.1 Å². The Morgan fingerprint density at radius 3 is 2.12 bits per heavy atom. The highest BCUT2D eigenvalue weighted by Gasteiger charge is 2.17. The Kier molecular flexibility index (Phi) is 8.15. The standard InChI is InChI=1S/C26H27N3O3/c27-22-15-8-9-16-23(22)29-24(30)17-5-2-10-18-28-26(32)21-14-7-6-13-20(21)25(31)19-11-3-1-4-12-19/h1,3-4,6-9,11-16H,2,5,10,17-18,27H2,(H,28,32)(H,29,30). The molecule has 0 aromatic heterocycles. The van der Waals surface area contributed by atoms with Crippen molar-refractivity contribution in [3.8, 4) is 0 Å². The van der Waals surface area contributed by atoms with E-state index >= 15 is 0 Å². The van der Waals surface area contributed by atoms with Gasteiger partial charge in [0.1, 0.15) is 0 Å². The number of carbonyl (C=O) groups excluding carboxylic acids is 3. The molecule has 0 spiro atoms. The number of hydrogen-bond acceptors (Lipinski definition) is 4. The van der Waals surface area contributed by atoms with Crippen LogP contribution in [0, 0.1) is 0 Å². The predicted molar refractivity (Wildman–Crippen MR) is 127 cm³/mol. The minimum atomic E-state index is -0.276. The number of carbonyl (C=O) groups is 3. The molecule has 6 nitrogen and oxygen atoms in total. The number of para-hydroxylation sites is 2. The van der Waals surface area contributed by atoms with Crippen LogP contribution in [0.3, 0.4) is 0 Å². The summed E-state index contributed by atoms with van der Waals surface area (Å²) < 4.78 is 0. The molecule has 0 unspecified atom stereocenters. The molecule has 0 heterocycles. The van der Waals surface area contributed by atoms with Gasteiger partial charge < -0.3 is 16.4 Å². The molecule has 0 aliphatic carbocycles. The Morgan fingerprint density at radius 1 is 0.719 bits per heavy atom. The van der Waals surface area contributed by atoms with Crippen LogP contribution in [0.2, 0.25) is 0 Å². The second-order valence-electron chi connectivity index (χ2n) is 7.44. The van der Waals surface area contributed by atoms with E-state index in [1.165, 1.54) is 0 Å². The minimum absolute atomic E-state index is 0.0831. The van der Waals surface area contributed by atoms with Crippen LogP contribution in [0.1, 0.15) is 52.0 Å². The summed E-state index contributed by atoms with van der Waals surface area (Å²) >= 11 is 0. The molecule has 0 saturated heterocycles. The van der Waals surface area contributed by atoms with E-state index in [0.717, 1.165) is 12.8 Å². The van der Waals surface area contributed by atoms with Gasteiger partial charge in [0.2, 0.25) is 5.91 Å². The maximum absolute atomic E-state index is 12.8. The van der Waals surface area contributed by atoms with Crippen molar-refractivity contribution in [2.45, 2.75) is 25.7 Å². The predicted octanol–water partition coefficient (Wildman–Crippen LogP) is 4.43. The molecule has 0 fully saturated rings. The van der Waals surface area contributed by atoms with Crippen molar-refractivity contribution in [3.63, 3.8) is 0 Å². The number of benzene rings is 3. The van der Waals surface area contributed by atoms with Gasteiger partial charge in [0.05, 0.1) is 16.9 Å². The second kappa shape index (κ2) is 11.5. The van der Waals surface area contributed by atoms with Gasteiger partial charge in [-0.25, -0.2) is 0 Å². The Balaban J connectivity index is 1.42. The molecule has 0 aliphatic heterocycles. The fourth-order valence-electron chi connectivity index (χ4n) is 3.33. The molecule has 0 aliphatic rings. The Bertz CT molecular complexity index is 1080. The number of nitrogens with two attached hydrogens (primary N) is 1. The van der Waals surface area contributed by atoms with Gasteiger partial charge in [-0.2, -0.15) is 0 Å². The molecule has 3 rings (SSSR count). The van der Waals surface area contributed by atoms with Gasteiger partial charge in [-0.3, -0.25) is 14.4 Å². The average molecular weight is 430 g/mol. The van der Waals surface area contributed by atoms with Crippen LogP contribution < -0.4 is 16.4 Å². The van der Waals surface area contributed by atoms with Crippen molar-refractivity contribution >= 4 is 29.0 Å². The summed E-state index contributed by atoms with van der Waals surface area (Å²) in [7, 11) is 0. The lowest BCUT2D eigenvalue weighted by molar-refractivity contribution is -0.116. The van der Waals surface area contributed by atoms with Gasteiger partial charge in [-0.1, -0.05) is 67.1 Å². The Labute approximate surface area is 187 Å². The number of anilines is 2. The van der Waals surface area contributed by atoms with Gasteiger partial charge in [0.25, 0.3) is 5.91 Å². The third-order valence-corrected chi connectivity index (χ3v) is 5.05. The van der Waals surface area contributed by atoms with Crippen LogP contribution in [0.25, 0.3) is 0 Å². The first-order valence-electron chi connectivity index (χ1n) is 10.7. The molecular weight excluding hydrogens is 402 g/mol. The van der Waals surface area contributed by atoms with E-state index in [9.17, 15) is 14.4 Å². The molecule has 0 saturated carbocycles. The minimum Gasteiger partial charge on any atom is -0.397 e. The summed E-state index contributed by atoms with van der Waals surface area (Å²) in [4.78, 5) is 37.5. The fraction of sp³-hybridized carbons (Fsp3) is 0.192. The third-order valence-electron chi connectivity index (χ3n) is 5.05. The van der Waals surface area contributed by atoms with E-state index < -0.39 is 0 Å². The molecule has 4 N–H and O–H groups in total. The van der Waals surface area contributed by atoms with Crippen molar-refractivity contribution in [2.75, 3.05) is 17.6 Å². The maximum atomic E-state index is 12.8. The van der Waals surface area contributed by atoms with Crippen molar-refractivity contribution in [2.24, 2.45) is 0 Å². The third kappa shape index (κ3) is 6.28. The highest BCUT2D eigenvalue weighted by molar-refractivity contribution is 6.15. The molecule has 0 bridgehead atoms. The molecule has 3 aromatic carbocycles. The first-order chi connectivity index (χ1) is 15.6. The quantitative estimate of drug-likeness (QED) is 0.252. The van der Waals surface area contributed by atoms with E-state index in [2.05, 4.69) is 10.6 Å². The average Bonchev–Trinajstić information content (AvgIpc) is 2.82. The van der Waals surface area contributed by atoms with Crippen molar-refractivity contribution in [3.05, 3.63) is 95.6 Å². The van der Waals surface area contributed by atoms with E-state index in [4.69, 9.17) is 5.73 Å². The fourth-order valence-corrected chi connectivity index (χ4v) is 3.33. The number of amides is 2. The number of nitrogens with one attached hydrogen (secondary N) is 2. The number of unbranched alkanes of at least 4 members (excludes halogenated alkanes) is 2. The topological polar surface area (TPSA) is 101 Å². The SMILES string of the molecule is Nc1ccccc1NC(=O)CCCCCNC(=O)c1ccccc1C(=O)c1ccccc1. The van der Waals surface area contributed by atoms with Crippen molar-refractivity contribution in [1.29, 1.82) is 0 Å². The number of nitrogen functional groups attached to an aromatic ring is 1. The molecular formula is C26H27N3O3. The molecule has 164 valence electrons. The largest absolute Gasteiger partial charge is 0.397 e. The van der Waals surface area contributed by atoms with E-state index in [1.54, 1.807) is 60.7 Å². The molecule has 2 amide bonds. The van der Waals surface area contributed by atoms with Gasteiger partial charge in [0.15, 0.2) is 5.78 Å². The number of ketones is 1. The smallest absolute Gasteiger partial charge is 0.252 e. The molecule has 3 aromatic rings. The number of hydrogen-bond donors (Lipinski definition) is 3. The molecule has 0 atom stereocenters. The van der Waals surface area contributed by atoms with Crippen LogP contribution in [-0.2, 0) is 4.79 Å². The maximum Gasteiger partial charge on any atom is 0.252 e. The normalized spacial score (nSPS) is 10.4. The van der Waals surface area contributed by atoms with Gasteiger partial charge >= 0.3 is 0 Å². The summed E-state index contributed by atoms with van der Waals surface area (Å²) in [5, 5.41) is 5.68. The van der Waals surface area contributed by atoms with Crippen molar-refractivity contribution in [1.82, 2.24) is 5.32 Å². The lowest BCUT2D eigenvalue weighted by Crippen LogP contribution is -2.26. The zero-order valence-corrected chi connectivity index (χ0v) is 17.8. The van der Waals surface area contributed by atoms with Gasteiger partial charge in [-0.15, -0.1) is 0 Å². The lowest BCUT2D eigenvalue weighted by atomic mass is 9.98. The second-order valence-corrected chi connectivity index (χ2v) is 7.44. The first kappa shape index (κ1) is 22.7. The molecule has 32 heavy (non-hydrogen) atoms. The zero-order valence-electron chi connectivity index (χ0n) is 17.8. The summed E-state index contributed by atoms with van der Waals surface area (Å²) in [6.07, 6.45) is 2.62. The van der Waals surface area contributed by atoms with Gasteiger partial charge in [-0.05, 0) is 31.0 Å². The molecule has 6 heteroatoms. The van der Waals surface area contributed by atoms with Crippen LogP contribution in [-0.4, -0.2) is 24.1 Å². The van der Waals surface area contributed by atoms with E-state index in [0.29, 0.717) is 47.5 Å². The van der Waals surface area contributed by atoms with Crippen LogP contribution in [0.5, 0.6) is 0 Å². The Hall–Kier alpha value is -3.93. The summed E-state index contributed by atoms with van der Waals surface area (Å²) in [5.41, 5.74) is 8.27. The summed E-state index contributed by atoms with van der Waals surface area (Å²) in [5.74, 6) is -0.538. The lowest BCUT2D eigenvalue weighted by Gasteiger charge is -2.10. The van der Waals surface area contributed by atoms with E-state index in [1.807, 2.05) is 18.2 Å². The molecule has 0 radical (unpaired) electrons. The monoisotopic (exact) mass is 429 g/mol. The van der Waals surface area contributed by atoms with Crippen LogP contribution in [0.15, 0.2) is 78.9 Å². The van der Waals surface area contributed by atoms with Crippen LogP contribution in [0.4, 0.5) is 11.4 Å². The first-order valence-corrected chi connectivity index (χ1v) is 10.7. The van der Waals surface area contributed by atoms with Crippen molar-refractivity contribution < 1.29 is 14.4 Å². The zero-order chi connectivity index (χ0) is 22.8. The highest BCUT2D eigenvalue weighted by Crippen LogP contribution is 2.17. The summed E-state index contributed by atoms with van der Waals surface area (Å²) in [6, 6.07) is 22.9. The summed E-state index contributed by atoms with van der Waals surface area (Å²) in [6.45, 7) is 0.472. The number of rotatable bonds is 10.